The van der Waals surface area contributed by atoms with E-state index in [4.69, 9.17) is 30.5 Å². The molecular weight excluding hydrogens is 388 g/mol. The van der Waals surface area contributed by atoms with Crippen LogP contribution in [0.2, 0.25) is 0 Å². The molecule has 0 bridgehead atoms. The van der Waals surface area contributed by atoms with Crippen molar-refractivity contribution in [2.45, 2.75) is 52.1 Å². The van der Waals surface area contributed by atoms with E-state index in [9.17, 15) is 9.59 Å². The minimum Gasteiger partial charge on any atom is -0.444 e. The number of unbranched alkanes of at least 4 members (excludes halogenated alkanes) is 3. The van der Waals surface area contributed by atoms with Crippen molar-refractivity contribution in [3.05, 3.63) is 0 Å². The van der Waals surface area contributed by atoms with Crippen molar-refractivity contribution >= 4 is 23.6 Å². The molecule has 0 atom stereocenters. The third-order valence-electron chi connectivity index (χ3n) is 3.26. The van der Waals surface area contributed by atoms with Crippen LogP contribution >= 0.6 is 11.6 Å². The number of alkyl halides is 1. The SMILES string of the molecule is CC(C)(C)OC(=O)NCCOCC(=O)NCCOCCOCCCCCCCl. The Labute approximate surface area is 173 Å². The summed E-state index contributed by atoms with van der Waals surface area (Å²) in [4.78, 5) is 23.0. The summed E-state index contributed by atoms with van der Waals surface area (Å²) in [6.45, 7) is 8.43. The molecule has 0 aliphatic heterocycles. The number of halogens is 1. The van der Waals surface area contributed by atoms with E-state index in [0.29, 0.717) is 26.4 Å². The van der Waals surface area contributed by atoms with Gasteiger partial charge in [0.15, 0.2) is 0 Å². The van der Waals surface area contributed by atoms with Crippen molar-refractivity contribution in [1.82, 2.24) is 10.6 Å². The first-order chi connectivity index (χ1) is 13.3. The van der Waals surface area contributed by atoms with Gasteiger partial charge in [0.05, 0.1) is 26.4 Å². The zero-order valence-corrected chi connectivity index (χ0v) is 18.3. The Bertz CT molecular complexity index is 404. The van der Waals surface area contributed by atoms with E-state index in [1.54, 1.807) is 20.8 Å². The predicted octanol–water partition coefficient (Wildman–Crippen LogP) is 2.48. The molecule has 8 nitrogen and oxygen atoms in total. The lowest BCUT2D eigenvalue weighted by Gasteiger charge is -2.19. The smallest absolute Gasteiger partial charge is 0.407 e. The van der Waals surface area contributed by atoms with E-state index < -0.39 is 11.7 Å². The van der Waals surface area contributed by atoms with Crippen LogP contribution in [0.4, 0.5) is 4.79 Å². The summed E-state index contributed by atoms with van der Waals surface area (Å²) in [6, 6.07) is 0. The molecule has 2 amide bonds. The molecule has 0 saturated heterocycles. The lowest BCUT2D eigenvalue weighted by atomic mass is 10.2. The molecule has 28 heavy (non-hydrogen) atoms. The van der Waals surface area contributed by atoms with E-state index in [1.807, 2.05) is 0 Å². The summed E-state index contributed by atoms with van der Waals surface area (Å²) in [5.41, 5.74) is -0.538. The summed E-state index contributed by atoms with van der Waals surface area (Å²) < 4.78 is 21.1. The third-order valence-corrected chi connectivity index (χ3v) is 3.53. The van der Waals surface area contributed by atoms with Gasteiger partial charge in [-0.1, -0.05) is 12.8 Å². The number of hydrogen-bond donors (Lipinski definition) is 2. The highest BCUT2D eigenvalue weighted by Crippen LogP contribution is 2.06. The Morgan fingerprint density at radius 3 is 2.07 bits per heavy atom. The molecule has 0 aliphatic rings. The quantitative estimate of drug-likeness (QED) is 0.275. The Balaban J connectivity index is 3.30. The molecule has 0 saturated carbocycles. The van der Waals surface area contributed by atoms with Gasteiger partial charge < -0.3 is 29.6 Å². The lowest BCUT2D eigenvalue weighted by Crippen LogP contribution is -2.35. The largest absolute Gasteiger partial charge is 0.444 e. The average Bonchev–Trinajstić information content (AvgIpc) is 2.61. The topological polar surface area (TPSA) is 95.1 Å². The second-order valence-corrected chi connectivity index (χ2v) is 7.54. The number of carbonyl (C=O) groups is 2. The van der Waals surface area contributed by atoms with E-state index >= 15 is 0 Å². The first-order valence-corrected chi connectivity index (χ1v) is 10.4. The minimum atomic E-state index is -0.538. The van der Waals surface area contributed by atoms with Crippen molar-refractivity contribution in [3.63, 3.8) is 0 Å². The Morgan fingerprint density at radius 2 is 1.39 bits per heavy atom. The monoisotopic (exact) mass is 424 g/mol. The molecule has 9 heteroatoms. The Morgan fingerprint density at radius 1 is 0.786 bits per heavy atom. The summed E-state index contributed by atoms with van der Waals surface area (Å²) in [7, 11) is 0. The van der Waals surface area contributed by atoms with Gasteiger partial charge >= 0.3 is 6.09 Å². The van der Waals surface area contributed by atoms with Crippen LogP contribution in [-0.4, -0.2) is 76.2 Å². The summed E-state index contributed by atoms with van der Waals surface area (Å²) in [5, 5.41) is 5.24. The van der Waals surface area contributed by atoms with Crippen molar-refractivity contribution in [2.24, 2.45) is 0 Å². The number of carbonyl (C=O) groups excluding carboxylic acids is 2. The van der Waals surface area contributed by atoms with Gasteiger partial charge in [0.2, 0.25) is 5.91 Å². The molecule has 0 fully saturated rings. The number of hydrogen-bond acceptors (Lipinski definition) is 6. The highest BCUT2D eigenvalue weighted by atomic mass is 35.5. The van der Waals surface area contributed by atoms with Crippen LogP contribution in [0.1, 0.15) is 46.5 Å². The zero-order valence-electron chi connectivity index (χ0n) is 17.5. The zero-order chi connectivity index (χ0) is 21.1. The van der Waals surface area contributed by atoms with Crippen LogP contribution in [0, 0.1) is 0 Å². The maximum absolute atomic E-state index is 11.6. The second kappa shape index (κ2) is 18.0. The molecule has 0 aromatic heterocycles. The average molecular weight is 425 g/mol. The van der Waals surface area contributed by atoms with Crippen molar-refractivity contribution in [3.8, 4) is 0 Å². The van der Waals surface area contributed by atoms with Crippen LogP contribution in [0.25, 0.3) is 0 Å². The maximum Gasteiger partial charge on any atom is 0.407 e. The normalized spacial score (nSPS) is 11.3. The highest BCUT2D eigenvalue weighted by molar-refractivity contribution is 6.17. The van der Waals surface area contributed by atoms with Gasteiger partial charge in [0, 0.05) is 25.6 Å². The summed E-state index contributed by atoms with van der Waals surface area (Å²) in [6.07, 6.45) is 3.88. The Hall–Kier alpha value is -1.09. The fourth-order valence-electron chi connectivity index (χ4n) is 1.99. The lowest BCUT2D eigenvalue weighted by molar-refractivity contribution is -0.125. The first kappa shape index (κ1) is 26.9. The fraction of sp³-hybridized carbons (Fsp3) is 0.895. The molecule has 0 aromatic rings. The van der Waals surface area contributed by atoms with E-state index in [2.05, 4.69) is 10.6 Å². The molecule has 0 aliphatic carbocycles. The van der Waals surface area contributed by atoms with Gasteiger partial charge in [-0.2, -0.15) is 0 Å². The van der Waals surface area contributed by atoms with Crippen molar-refractivity contribution in [2.75, 3.05) is 58.6 Å². The Kier molecular flexibility index (Phi) is 17.3. The minimum absolute atomic E-state index is 0.0666. The van der Waals surface area contributed by atoms with Gasteiger partial charge in [-0.25, -0.2) is 4.79 Å². The first-order valence-electron chi connectivity index (χ1n) is 9.88. The maximum atomic E-state index is 11.6. The van der Waals surface area contributed by atoms with Crippen molar-refractivity contribution < 1.29 is 28.5 Å². The predicted molar refractivity (Wildman–Crippen MR) is 109 cm³/mol. The van der Waals surface area contributed by atoms with Crippen LogP contribution in [0.3, 0.4) is 0 Å². The van der Waals surface area contributed by atoms with Crippen LogP contribution in [0.5, 0.6) is 0 Å². The van der Waals surface area contributed by atoms with E-state index in [-0.39, 0.29) is 25.7 Å². The molecule has 0 unspecified atom stereocenters. The summed E-state index contributed by atoms with van der Waals surface area (Å²) >= 11 is 5.61. The second-order valence-electron chi connectivity index (χ2n) is 7.16. The molecule has 0 radical (unpaired) electrons. The standard InChI is InChI=1S/C19H37ClN2O6/c1-19(2,3)28-18(24)22-10-13-27-16-17(23)21-9-12-26-15-14-25-11-7-5-4-6-8-20/h4-16H2,1-3H3,(H,21,23)(H,22,24). The fourth-order valence-corrected chi connectivity index (χ4v) is 2.18. The van der Waals surface area contributed by atoms with Gasteiger partial charge in [0.1, 0.15) is 12.2 Å². The number of nitrogens with one attached hydrogen (secondary N) is 2. The molecule has 2 N–H and O–H groups in total. The highest BCUT2D eigenvalue weighted by Gasteiger charge is 2.15. The van der Waals surface area contributed by atoms with Crippen molar-refractivity contribution in [1.29, 1.82) is 0 Å². The van der Waals surface area contributed by atoms with Crippen LogP contribution in [0.15, 0.2) is 0 Å². The number of alkyl carbamates (subject to hydrolysis) is 1. The van der Waals surface area contributed by atoms with Gasteiger partial charge in [-0.15, -0.1) is 11.6 Å². The number of ether oxygens (including phenoxy) is 4. The molecule has 0 aromatic carbocycles. The van der Waals surface area contributed by atoms with Gasteiger partial charge in [0.25, 0.3) is 0 Å². The van der Waals surface area contributed by atoms with E-state index in [0.717, 1.165) is 38.2 Å². The molecular formula is C19H37ClN2O6. The summed E-state index contributed by atoms with van der Waals surface area (Å²) in [5.74, 6) is 0.497. The van der Waals surface area contributed by atoms with E-state index in [1.165, 1.54) is 0 Å². The van der Waals surface area contributed by atoms with Gasteiger partial charge in [-0.3, -0.25) is 4.79 Å². The number of rotatable bonds is 17. The molecule has 0 heterocycles. The van der Waals surface area contributed by atoms with Gasteiger partial charge in [-0.05, 0) is 33.6 Å². The number of amides is 2. The van der Waals surface area contributed by atoms with Crippen LogP contribution in [-0.2, 0) is 23.7 Å². The molecule has 166 valence electrons. The van der Waals surface area contributed by atoms with Crippen LogP contribution < -0.4 is 10.6 Å². The molecule has 0 spiro atoms. The molecule has 0 rings (SSSR count). The third kappa shape index (κ3) is 21.2.